The monoisotopic (exact) mass is 433 g/mol. The van der Waals surface area contributed by atoms with Crippen molar-refractivity contribution in [1.82, 2.24) is 9.21 Å². The fraction of sp³-hybridized carbons (Fsp3) is 0.476. The molecule has 4 rings (SSSR count). The van der Waals surface area contributed by atoms with Gasteiger partial charge in [-0.25, -0.2) is 8.42 Å². The van der Waals surface area contributed by atoms with Gasteiger partial charge < -0.3 is 9.80 Å². The Labute approximate surface area is 176 Å². The highest BCUT2D eigenvalue weighted by Crippen LogP contribution is 2.29. The lowest BCUT2D eigenvalue weighted by atomic mass is 10.1. The van der Waals surface area contributed by atoms with E-state index in [1.54, 1.807) is 20.7 Å². The summed E-state index contributed by atoms with van der Waals surface area (Å²) >= 11 is 1.15. The molecule has 2 aliphatic heterocycles. The Morgan fingerprint density at radius 1 is 1.10 bits per heavy atom. The molecule has 1 aromatic carbocycles. The summed E-state index contributed by atoms with van der Waals surface area (Å²) in [5, 5.41) is 1.68. The highest BCUT2D eigenvalue weighted by Gasteiger charge is 2.34. The van der Waals surface area contributed by atoms with Crippen molar-refractivity contribution in [3.8, 4) is 0 Å². The van der Waals surface area contributed by atoms with E-state index in [4.69, 9.17) is 0 Å². The zero-order valence-corrected chi connectivity index (χ0v) is 18.5. The molecule has 2 fully saturated rings. The van der Waals surface area contributed by atoms with Gasteiger partial charge in [0.2, 0.25) is 0 Å². The average molecular weight is 434 g/mol. The summed E-state index contributed by atoms with van der Waals surface area (Å²) in [4.78, 5) is 16.6. The highest BCUT2D eigenvalue weighted by atomic mass is 32.2. The number of rotatable bonds is 4. The molecule has 1 aromatic heterocycles. The van der Waals surface area contributed by atoms with Gasteiger partial charge in [0.05, 0.1) is 5.56 Å². The Morgan fingerprint density at radius 2 is 1.86 bits per heavy atom. The number of nitrogens with zero attached hydrogens (tertiary/aromatic N) is 3. The fourth-order valence-corrected chi connectivity index (χ4v) is 6.95. The topological polar surface area (TPSA) is 60.9 Å². The maximum Gasteiger partial charge on any atom is 0.254 e. The Kier molecular flexibility index (Phi) is 5.68. The van der Waals surface area contributed by atoms with Gasteiger partial charge in [0.1, 0.15) is 4.21 Å². The second kappa shape index (κ2) is 8.08. The van der Waals surface area contributed by atoms with Gasteiger partial charge >= 0.3 is 0 Å². The molecule has 8 heteroatoms. The second-order valence-electron chi connectivity index (χ2n) is 7.90. The first-order valence-corrected chi connectivity index (χ1v) is 12.4. The Bertz CT molecular complexity index is 996. The maximum atomic E-state index is 13.2. The van der Waals surface area contributed by atoms with Gasteiger partial charge in [-0.05, 0) is 50.5 Å². The minimum Gasteiger partial charge on any atom is -0.366 e. The number of amides is 1. The summed E-state index contributed by atoms with van der Waals surface area (Å²) in [5.41, 5.74) is 2.81. The van der Waals surface area contributed by atoms with Gasteiger partial charge in [-0.2, -0.15) is 4.31 Å². The fourth-order valence-electron chi connectivity index (χ4n) is 4.13. The predicted molar refractivity (Wildman–Crippen MR) is 116 cm³/mol. The van der Waals surface area contributed by atoms with E-state index < -0.39 is 10.0 Å². The molecule has 0 N–H and O–H groups in total. The minimum atomic E-state index is -3.59. The predicted octanol–water partition coefficient (Wildman–Crippen LogP) is 3.19. The molecular formula is C21H27N3O3S2. The third-order valence-electron chi connectivity index (χ3n) is 5.73. The molecule has 2 saturated heterocycles. The number of likely N-dealkylation sites (tertiary alicyclic amines) is 1. The number of hydrogen-bond acceptors (Lipinski definition) is 5. The lowest BCUT2D eigenvalue weighted by molar-refractivity contribution is 0.0793. The SMILES string of the molecule is Cc1cccc(N2CCN(S(=O)(=O)c3cc(C(=O)N4CCCC4)cs3)C[C@H]2C)c1. The largest absolute Gasteiger partial charge is 0.366 e. The van der Waals surface area contributed by atoms with Crippen LogP contribution in [0.4, 0.5) is 5.69 Å². The molecule has 1 amide bonds. The quantitative estimate of drug-likeness (QED) is 0.743. The zero-order chi connectivity index (χ0) is 20.6. The molecule has 0 radical (unpaired) electrons. The number of anilines is 1. The third-order valence-corrected chi connectivity index (χ3v) is 9.01. The van der Waals surface area contributed by atoms with Gasteiger partial charge in [-0.15, -0.1) is 11.3 Å². The van der Waals surface area contributed by atoms with Crippen molar-refractivity contribution in [2.75, 3.05) is 37.6 Å². The van der Waals surface area contributed by atoms with Gasteiger partial charge in [0.25, 0.3) is 15.9 Å². The van der Waals surface area contributed by atoms with E-state index in [2.05, 4.69) is 36.9 Å². The molecule has 0 unspecified atom stereocenters. The van der Waals surface area contributed by atoms with Gasteiger partial charge in [-0.1, -0.05) is 12.1 Å². The van der Waals surface area contributed by atoms with Crippen molar-refractivity contribution in [1.29, 1.82) is 0 Å². The molecule has 6 nitrogen and oxygen atoms in total. The van der Waals surface area contributed by atoms with Crippen LogP contribution in [0, 0.1) is 6.92 Å². The summed E-state index contributed by atoms with van der Waals surface area (Å²) in [5.74, 6) is -0.0576. The number of hydrogen-bond donors (Lipinski definition) is 0. The molecule has 3 heterocycles. The Morgan fingerprint density at radius 3 is 2.55 bits per heavy atom. The number of thiophene rings is 1. The Hall–Kier alpha value is -1.90. The maximum absolute atomic E-state index is 13.2. The molecule has 0 saturated carbocycles. The normalized spacial score (nSPS) is 21.0. The van der Waals surface area contributed by atoms with Crippen LogP contribution in [0.25, 0.3) is 0 Å². The summed E-state index contributed by atoms with van der Waals surface area (Å²) in [6, 6.07) is 9.93. The van der Waals surface area contributed by atoms with Crippen molar-refractivity contribution in [2.45, 2.75) is 36.9 Å². The summed E-state index contributed by atoms with van der Waals surface area (Å²) < 4.78 is 28.2. The first-order chi connectivity index (χ1) is 13.9. The molecule has 29 heavy (non-hydrogen) atoms. The van der Waals surface area contributed by atoms with Gasteiger partial charge in [0.15, 0.2) is 0 Å². The molecule has 1 atom stereocenters. The highest BCUT2D eigenvalue weighted by molar-refractivity contribution is 7.91. The van der Waals surface area contributed by atoms with Gasteiger partial charge in [0, 0.05) is 49.8 Å². The van der Waals surface area contributed by atoms with Crippen molar-refractivity contribution >= 4 is 33.0 Å². The van der Waals surface area contributed by atoms with E-state index >= 15 is 0 Å². The number of benzene rings is 1. The van der Waals surface area contributed by atoms with Crippen LogP contribution in [0.2, 0.25) is 0 Å². The summed E-state index contributed by atoms with van der Waals surface area (Å²) in [7, 11) is -3.59. The third kappa shape index (κ3) is 4.06. The van der Waals surface area contributed by atoms with E-state index in [9.17, 15) is 13.2 Å². The molecule has 2 aromatic rings. The van der Waals surface area contributed by atoms with Crippen LogP contribution >= 0.6 is 11.3 Å². The van der Waals surface area contributed by atoms with E-state index in [0.29, 0.717) is 25.2 Å². The molecular weight excluding hydrogens is 406 g/mol. The first-order valence-electron chi connectivity index (χ1n) is 10.1. The lowest BCUT2D eigenvalue weighted by Gasteiger charge is -2.40. The molecule has 0 aliphatic carbocycles. The minimum absolute atomic E-state index is 0.0576. The van der Waals surface area contributed by atoms with Crippen LogP contribution in [0.3, 0.4) is 0 Å². The van der Waals surface area contributed by atoms with Crippen LogP contribution in [0.1, 0.15) is 35.7 Å². The van der Waals surface area contributed by atoms with Crippen molar-refractivity contribution in [3.63, 3.8) is 0 Å². The standard InChI is InChI=1S/C21H27N3O3S2/c1-16-6-5-7-19(12-16)24-11-10-23(14-17(24)2)29(26,27)20-13-18(15-28-20)21(25)22-8-3-4-9-22/h5-7,12-13,15,17H,3-4,8-11,14H2,1-2H3/t17-/m1/s1. The lowest BCUT2D eigenvalue weighted by Crippen LogP contribution is -2.53. The number of sulfonamides is 1. The van der Waals surface area contributed by atoms with Crippen LogP contribution in [-0.4, -0.2) is 62.3 Å². The van der Waals surface area contributed by atoms with E-state index in [-0.39, 0.29) is 16.2 Å². The molecule has 156 valence electrons. The summed E-state index contributed by atoms with van der Waals surface area (Å²) in [6.45, 7) is 7.16. The van der Waals surface area contributed by atoms with Crippen molar-refractivity contribution in [3.05, 3.63) is 46.8 Å². The van der Waals surface area contributed by atoms with Crippen LogP contribution in [0.5, 0.6) is 0 Å². The van der Waals surface area contributed by atoms with E-state index in [1.165, 1.54) is 5.56 Å². The first kappa shape index (κ1) is 20.4. The van der Waals surface area contributed by atoms with Gasteiger partial charge in [-0.3, -0.25) is 4.79 Å². The molecule has 0 spiro atoms. The van der Waals surface area contributed by atoms with E-state index in [0.717, 1.165) is 43.0 Å². The van der Waals surface area contributed by atoms with E-state index in [1.807, 2.05) is 6.07 Å². The van der Waals surface area contributed by atoms with Crippen LogP contribution in [-0.2, 0) is 10.0 Å². The Balaban J connectivity index is 1.48. The van der Waals surface area contributed by atoms with Crippen molar-refractivity contribution < 1.29 is 13.2 Å². The molecule has 2 aliphatic rings. The number of carbonyl (C=O) groups excluding carboxylic acids is 1. The average Bonchev–Trinajstić information content (AvgIpc) is 3.40. The van der Waals surface area contributed by atoms with Crippen molar-refractivity contribution in [2.24, 2.45) is 0 Å². The second-order valence-corrected chi connectivity index (χ2v) is 11.0. The number of piperazine rings is 1. The van der Waals surface area contributed by atoms with Crippen LogP contribution in [0.15, 0.2) is 39.9 Å². The van der Waals surface area contributed by atoms with Crippen LogP contribution < -0.4 is 4.90 Å². The smallest absolute Gasteiger partial charge is 0.254 e. The number of aryl methyl sites for hydroxylation is 1. The molecule has 0 bridgehead atoms. The summed E-state index contributed by atoms with van der Waals surface area (Å²) in [6.07, 6.45) is 2.04. The zero-order valence-electron chi connectivity index (χ0n) is 16.9. The number of carbonyl (C=O) groups is 1.